The molecule has 25 heavy (non-hydrogen) atoms. The zero-order valence-electron chi connectivity index (χ0n) is 15.5. The molecule has 1 fully saturated rings. The van der Waals surface area contributed by atoms with E-state index in [1.165, 1.54) is 13.2 Å². The zero-order valence-corrected chi connectivity index (χ0v) is 15.5. The number of ether oxygens (including phenoxy) is 3. The van der Waals surface area contributed by atoms with Gasteiger partial charge in [-0.3, -0.25) is 4.99 Å². The minimum absolute atomic E-state index is 0.235. The Labute approximate surface area is 149 Å². The molecule has 1 aromatic rings. The van der Waals surface area contributed by atoms with E-state index in [2.05, 4.69) is 10.3 Å². The maximum Gasteiger partial charge on any atom is 0.193 e. The molecule has 6 nitrogen and oxygen atoms in total. The van der Waals surface area contributed by atoms with Crippen LogP contribution in [0.25, 0.3) is 0 Å². The number of methoxy groups -OCH3 is 2. The minimum atomic E-state index is -0.364. The van der Waals surface area contributed by atoms with Crippen LogP contribution in [-0.4, -0.2) is 64.5 Å². The topological polar surface area (TPSA) is 55.3 Å². The minimum Gasteiger partial charge on any atom is -0.494 e. The molecule has 1 saturated heterocycles. The van der Waals surface area contributed by atoms with E-state index in [1.807, 2.05) is 18.0 Å². The van der Waals surface area contributed by atoms with Crippen molar-refractivity contribution in [3.8, 4) is 5.75 Å². The van der Waals surface area contributed by atoms with Gasteiger partial charge in [-0.1, -0.05) is 6.07 Å². The molecule has 2 rings (SSSR count). The Balaban J connectivity index is 1.96. The molecule has 0 aliphatic carbocycles. The summed E-state index contributed by atoms with van der Waals surface area (Å²) < 4.78 is 30.0. The summed E-state index contributed by atoms with van der Waals surface area (Å²) in [4.78, 5) is 6.26. The van der Waals surface area contributed by atoms with Gasteiger partial charge in [0, 0.05) is 60.4 Å². The summed E-state index contributed by atoms with van der Waals surface area (Å²) in [6.07, 6.45) is 1.70. The Morgan fingerprint density at radius 2 is 2.08 bits per heavy atom. The van der Waals surface area contributed by atoms with E-state index < -0.39 is 0 Å². The Bertz CT molecular complexity index is 589. The van der Waals surface area contributed by atoms with Crippen molar-refractivity contribution in [2.45, 2.75) is 25.0 Å². The van der Waals surface area contributed by atoms with E-state index in [-0.39, 0.29) is 17.2 Å². The molecular weight excluding hydrogens is 325 g/mol. The molecule has 0 aromatic heterocycles. The van der Waals surface area contributed by atoms with Crippen LogP contribution in [0.1, 0.15) is 18.4 Å². The molecular formula is C18H28FN3O3. The molecule has 140 valence electrons. The van der Waals surface area contributed by atoms with Crippen molar-refractivity contribution in [2.75, 3.05) is 48.1 Å². The maximum atomic E-state index is 13.9. The van der Waals surface area contributed by atoms with Crippen LogP contribution in [0.15, 0.2) is 23.2 Å². The van der Waals surface area contributed by atoms with E-state index in [4.69, 9.17) is 14.2 Å². The lowest BCUT2D eigenvalue weighted by Gasteiger charge is -2.37. The van der Waals surface area contributed by atoms with Gasteiger partial charge in [0.05, 0.1) is 12.7 Å². The van der Waals surface area contributed by atoms with Gasteiger partial charge in [0.25, 0.3) is 0 Å². The SMILES string of the molecule is CN=C(NCC1(OC)CCOCC1)N(C)Cc1ccc(OC)c(F)c1. The quantitative estimate of drug-likeness (QED) is 0.627. The zero-order chi connectivity index (χ0) is 18.3. The normalized spacial score (nSPS) is 17.2. The highest BCUT2D eigenvalue weighted by Gasteiger charge is 2.32. The van der Waals surface area contributed by atoms with Crippen molar-refractivity contribution in [1.29, 1.82) is 0 Å². The predicted octanol–water partition coefficient (Wildman–Crippen LogP) is 2.04. The van der Waals surface area contributed by atoms with E-state index in [1.54, 1.807) is 20.2 Å². The van der Waals surface area contributed by atoms with Crippen LogP contribution >= 0.6 is 0 Å². The molecule has 0 saturated carbocycles. The van der Waals surface area contributed by atoms with Crippen LogP contribution in [0.3, 0.4) is 0 Å². The lowest BCUT2D eigenvalue weighted by Crippen LogP contribution is -2.50. The molecule has 0 bridgehead atoms. The number of nitrogens with zero attached hydrogens (tertiary/aromatic N) is 2. The van der Waals surface area contributed by atoms with Crippen molar-refractivity contribution in [3.63, 3.8) is 0 Å². The summed E-state index contributed by atoms with van der Waals surface area (Å²) in [7, 11) is 6.84. The third kappa shape index (κ3) is 5.06. The molecule has 0 radical (unpaired) electrons. The van der Waals surface area contributed by atoms with E-state index in [0.717, 1.165) is 24.4 Å². The summed E-state index contributed by atoms with van der Waals surface area (Å²) in [5.41, 5.74) is 0.609. The van der Waals surface area contributed by atoms with Crippen molar-refractivity contribution >= 4 is 5.96 Å². The van der Waals surface area contributed by atoms with Gasteiger partial charge in [-0.15, -0.1) is 0 Å². The number of guanidine groups is 1. The van der Waals surface area contributed by atoms with Gasteiger partial charge >= 0.3 is 0 Å². The number of rotatable bonds is 6. The first-order valence-electron chi connectivity index (χ1n) is 8.40. The highest BCUT2D eigenvalue weighted by molar-refractivity contribution is 5.79. The van der Waals surface area contributed by atoms with Gasteiger partial charge in [0.1, 0.15) is 0 Å². The molecule has 1 aromatic carbocycles. The van der Waals surface area contributed by atoms with Crippen LogP contribution in [0.5, 0.6) is 5.75 Å². The van der Waals surface area contributed by atoms with Gasteiger partial charge in [-0.25, -0.2) is 4.39 Å². The second-order valence-corrected chi connectivity index (χ2v) is 6.23. The standard InChI is InChI=1S/C18H28FN3O3/c1-20-17(21-13-18(24-4)7-9-25-10-8-18)22(2)12-14-5-6-16(23-3)15(19)11-14/h5-6,11H,7-10,12-13H2,1-4H3,(H,20,21). The maximum absolute atomic E-state index is 13.9. The second-order valence-electron chi connectivity index (χ2n) is 6.23. The van der Waals surface area contributed by atoms with Crippen LogP contribution in [0.2, 0.25) is 0 Å². The highest BCUT2D eigenvalue weighted by atomic mass is 19.1. The molecule has 0 atom stereocenters. The monoisotopic (exact) mass is 353 g/mol. The van der Waals surface area contributed by atoms with Crippen molar-refractivity contribution in [3.05, 3.63) is 29.6 Å². The number of hydrogen-bond acceptors (Lipinski definition) is 4. The molecule has 1 N–H and O–H groups in total. The number of nitrogens with one attached hydrogen (secondary N) is 1. The smallest absolute Gasteiger partial charge is 0.193 e. The molecule has 0 amide bonds. The summed E-state index contributed by atoms with van der Waals surface area (Å²) in [6.45, 7) is 2.59. The van der Waals surface area contributed by atoms with Crippen LogP contribution < -0.4 is 10.1 Å². The summed E-state index contributed by atoms with van der Waals surface area (Å²) in [5.74, 6) is 0.617. The summed E-state index contributed by atoms with van der Waals surface area (Å²) in [5, 5.41) is 3.37. The van der Waals surface area contributed by atoms with Crippen LogP contribution in [0, 0.1) is 5.82 Å². The first-order valence-corrected chi connectivity index (χ1v) is 8.40. The average Bonchev–Trinajstić information content (AvgIpc) is 2.63. The largest absolute Gasteiger partial charge is 0.494 e. The van der Waals surface area contributed by atoms with Gasteiger partial charge in [-0.2, -0.15) is 0 Å². The predicted molar refractivity (Wildman–Crippen MR) is 95.6 cm³/mol. The second kappa shape index (κ2) is 9.01. The van der Waals surface area contributed by atoms with Gasteiger partial charge in [0.15, 0.2) is 17.5 Å². The fourth-order valence-electron chi connectivity index (χ4n) is 2.98. The number of halogens is 1. The Morgan fingerprint density at radius 3 is 2.64 bits per heavy atom. The number of benzene rings is 1. The summed E-state index contributed by atoms with van der Waals surface area (Å²) in [6, 6.07) is 4.97. The van der Waals surface area contributed by atoms with Gasteiger partial charge < -0.3 is 24.4 Å². The van der Waals surface area contributed by atoms with E-state index in [0.29, 0.717) is 26.3 Å². The van der Waals surface area contributed by atoms with Gasteiger partial charge in [0.2, 0.25) is 0 Å². The first-order chi connectivity index (χ1) is 12.0. The molecule has 1 aliphatic heterocycles. The highest BCUT2D eigenvalue weighted by Crippen LogP contribution is 2.23. The third-order valence-corrected chi connectivity index (χ3v) is 4.62. The lowest BCUT2D eigenvalue weighted by molar-refractivity contribution is -0.0857. The molecule has 1 heterocycles. The van der Waals surface area contributed by atoms with Crippen molar-refractivity contribution in [2.24, 2.45) is 4.99 Å². The Morgan fingerprint density at radius 1 is 1.36 bits per heavy atom. The van der Waals surface area contributed by atoms with Crippen molar-refractivity contribution < 1.29 is 18.6 Å². The number of hydrogen-bond donors (Lipinski definition) is 1. The first kappa shape index (κ1) is 19.5. The molecule has 0 spiro atoms. The summed E-state index contributed by atoms with van der Waals surface area (Å²) >= 11 is 0. The fourth-order valence-corrected chi connectivity index (χ4v) is 2.98. The molecule has 7 heteroatoms. The lowest BCUT2D eigenvalue weighted by atomic mass is 9.94. The van der Waals surface area contributed by atoms with Crippen LogP contribution in [0.4, 0.5) is 4.39 Å². The average molecular weight is 353 g/mol. The Kier molecular flexibility index (Phi) is 7.01. The van der Waals surface area contributed by atoms with E-state index >= 15 is 0 Å². The van der Waals surface area contributed by atoms with E-state index in [9.17, 15) is 4.39 Å². The van der Waals surface area contributed by atoms with Gasteiger partial charge in [-0.05, 0) is 17.7 Å². The van der Waals surface area contributed by atoms with Crippen LogP contribution in [-0.2, 0) is 16.0 Å². The fraction of sp³-hybridized carbons (Fsp3) is 0.611. The number of aliphatic imine (C=N–C) groups is 1. The molecule has 1 aliphatic rings. The molecule has 0 unspecified atom stereocenters. The Hall–Kier alpha value is -1.86. The van der Waals surface area contributed by atoms with Crippen molar-refractivity contribution in [1.82, 2.24) is 10.2 Å². The third-order valence-electron chi connectivity index (χ3n) is 4.62.